The number of nitrogens with two attached hydrogens (primary N) is 1. The molecular weight excluding hydrogens is 244 g/mol. The van der Waals surface area contributed by atoms with Crippen LogP contribution in [0.5, 0.6) is 0 Å². The van der Waals surface area contributed by atoms with Gasteiger partial charge in [0.2, 0.25) is 0 Å². The fraction of sp³-hybridized carbons (Fsp3) is 0.333. The highest BCUT2D eigenvalue weighted by Crippen LogP contribution is 2.23. The summed E-state index contributed by atoms with van der Waals surface area (Å²) in [5.41, 5.74) is 7.18. The molecule has 0 bridgehead atoms. The maximum Gasteiger partial charge on any atom is 0.0453 e. The lowest BCUT2D eigenvalue weighted by atomic mass is 10.0. The Kier molecular flexibility index (Phi) is 6.73. The molecule has 0 aliphatic rings. The van der Waals surface area contributed by atoms with E-state index in [2.05, 4.69) is 18.1 Å². The predicted octanol–water partition coefficient (Wildman–Crippen LogP) is 3.40. The minimum atomic E-state index is -0.0316. The van der Waals surface area contributed by atoms with Gasteiger partial charge in [-0.2, -0.15) is 0 Å². The molecule has 0 saturated carbocycles. The lowest BCUT2D eigenvalue weighted by molar-refractivity contribution is 0.319. The van der Waals surface area contributed by atoms with Gasteiger partial charge in [0.05, 0.1) is 0 Å². The number of benzene rings is 1. The molecule has 1 aromatic carbocycles. The number of hydrogen-bond acceptors (Lipinski definition) is 2. The van der Waals surface area contributed by atoms with E-state index >= 15 is 0 Å². The highest BCUT2D eigenvalue weighted by atomic mass is 35.5. The molecule has 0 aromatic heterocycles. The Morgan fingerprint density at radius 2 is 1.83 bits per heavy atom. The maximum absolute atomic E-state index is 6.17. The third-order valence-electron chi connectivity index (χ3n) is 2.84. The van der Waals surface area contributed by atoms with E-state index in [1.165, 1.54) is 0 Å². The van der Waals surface area contributed by atoms with Crippen molar-refractivity contribution < 1.29 is 0 Å². The van der Waals surface area contributed by atoms with Crippen molar-refractivity contribution >= 4 is 11.6 Å². The van der Waals surface area contributed by atoms with Crippen LogP contribution in [-0.4, -0.2) is 24.5 Å². The summed E-state index contributed by atoms with van der Waals surface area (Å²) in [6.45, 7) is 10.1. The molecule has 98 valence electrons. The molecule has 0 amide bonds. The molecule has 0 spiro atoms. The van der Waals surface area contributed by atoms with Crippen molar-refractivity contribution in [3.63, 3.8) is 0 Å². The molecule has 0 aliphatic carbocycles. The predicted molar refractivity (Wildman–Crippen MR) is 79.8 cm³/mol. The Morgan fingerprint density at radius 3 is 2.39 bits per heavy atom. The van der Waals surface area contributed by atoms with Crippen molar-refractivity contribution in [2.24, 2.45) is 5.73 Å². The van der Waals surface area contributed by atoms with Crippen LogP contribution in [-0.2, 0) is 0 Å². The fourth-order valence-electron chi connectivity index (χ4n) is 1.88. The summed E-state index contributed by atoms with van der Waals surface area (Å²) < 4.78 is 0. The molecule has 1 rings (SSSR count). The molecule has 2 N–H and O–H groups in total. The van der Waals surface area contributed by atoms with Crippen LogP contribution in [0.1, 0.15) is 18.0 Å². The summed E-state index contributed by atoms with van der Waals surface area (Å²) >= 11 is 6.13. The Morgan fingerprint density at radius 1 is 1.22 bits per heavy atom. The van der Waals surface area contributed by atoms with E-state index in [0.29, 0.717) is 0 Å². The monoisotopic (exact) mass is 264 g/mol. The Balaban J connectivity index is 2.54. The van der Waals surface area contributed by atoms with Gasteiger partial charge in [-0.3, -0.25) is 4.90 Å². The van der Waals surface area contributed by atoms with Gasteiger partial charge in [0.15, 0.2) is 0 Å². The summed E-state index contributed by atoms with van der Waals surface area (Å²) in [7, 11) is 0. The van der Waals surface area contributed by atoms with Gasteiger partial charge in [-0.1, -0.05) is 42.0 Å². The van der Waals surface area contributed by atoms with Gasteiger partial charge in [0.25, 0.3) is 0 Å². The van der Waals surface area contributed by atoms with E-state index in [1.807, 2.05) is 36.4 Å². The van der Waals surface area contributed by atoms with Crippen molar-refractivity contribution in [3.8, 4) is 0 Å². The first-order valence-electron chi connectivity index (χ1n) is 6.13. The molecule has 0 heterocycles. The second-order valence-corrected chi connectivity index (χ2v) is 4.66. The average Bonchev–Trinajstić information content (AvgIpc) is 2.36. The van der Waals surface area contributed by atoms with Gasteiger partial charge in [-0.15, -0.1) is 13.2 Å². The highest BCUT2D eigenvalue weighted by Gasteiger charge is 2.11. The zero-order valence-corrected chi connectivity index (χ0v) is 11.4. The molecule has 1 unspecified atom stereocenters. The van der Waals surface area contributed by atoms with E-state index in [-0.39, 0.29) is 6.04 Å². The third kappa shape index (κ3) is 4.65. The van der Waals surface area contributed by atoms with Crippen molar-refractivity contribution in [3.05, 3.63) is 60.2 Å². The molecule has 3 heteroatoms. The number of halogens is 1. The largest absolute Gasteiger partial charge is 0.324 e. The standard InChI is InChI=1S/C15H21ClN2/c1-3-10-18(11-4-2)12-9-15(17)13-7-5-6-8-14(13)16/h3-8,15H,1-2,9-12,17H2. The summed E-state index contributed by atoms with van der Waals surface area (Å²) in [5.74, 6) is 0. The average molecular weight is 265 g/mol. The van der Waals surface area contributed by atoms with Crippen molar-refractivity contribution in [2.75, 3.05) is 19.6 Å². The van der Waals surface area contributed by atoms with Gasteiger partial charge in [-0.25, -0.2) is 0 Å². The first-order chi connectivity index (χ1) is 8.69. The number of rotatable bonds is 8. The first-order valence-corrected chi connectivity index (χ1v) is 6.51. The van der Waals surface area contributed by atoms with Crippen LogP contribution in [0.4, 0.5) is 0 Å². The van der Waals surface area contributed by atoms with E-state index < -0.39 is 0 Å². The lowest BCUT2D eigenvalue weighted by Gasteiger charge is -2.21. The SMILES string of the molecule is C=CCN(CC=C)CCC(N)c1ccccc1Cl. The smallest absolute Gasteiger partial charge is 0.0453 e. The zero-order valence-electron chi connectivity index (χ0n) is 10.7. The second kappa shape index (κ2) is 8.09. The topological polar surface area (TPSA) is 29.3 Å². The zero-order chi connectivity index (χ0) is 13.4. The molecule has 18 heavy (non-hydrogen) atoms. The molecule has 0 saturated heterocycles. The third-order valence-corrected chi connectivity index (χ3v) is 3.18. The Bertz CT molecular complexity index is 380. The van der Waals surface area contributed by atoms with Crippen LogP contribution in [0.3, 0.4) is 0 Å². The minimum Gasteiger partial charge on any atom is -0.324 e. The van der Waals surface area contributed by atoms with Gasteiger partial charge >= 0.3 is 0 Å². The quantitative estimate of drug-likeness (QED) is 0.729. The summed E-state index contributed by atoms with van der Waals surface area (Å²) in [4.78, 5) is 2.25. The summed E-state index contributed by atoms with van der Waals surface area (Å²) in [6, 6.07) is 7.71. The van der Waals surface area contributed by atoms with Gasteiger partial charge in [-0.05, 0) is 18.1 Å². The van der Waals surface area contributed by atoms with Gasteiger partial charge in [0.1, 0.15) is 0 Å². The molecule has 0 radical (unpaired) electrons. The van der Waals surface area contributed by atoms with Crippen LogP contribution in [0.15, 0.2) is 49.6 Å². The van der Waals surface area contributed by atoms with Crippen LogP contribution in [0, 0.1) is 0 Å². The van der Waals surface area contributed by atoms with Crippen LogP contribution in [0.2, 0.25) is 5.02 Å². The number of nitrogens with zero attached hydrogens (tertiary/aromatic N) is 1. The van der Waals surface area contributed by atoms with E-state index in [0.717, 1.165) is 36.6 Å². The fourth-order valence-corrected chi connectivity index (χ4v) is 2.15. The van der Waals surface area contributed by atoms with Crippen molar-refractivity contribution in [1.29, 1.82) is 0 Å². The highest BCUT2D eigenvalue weighted by molar-refractivity contribution is 6.31. The Hall–Kier alpha value is -1.09. The summed E-state index contributed by atoms with van der Waals surface area (Å²) in [6.07, 6.45) is 4.65. The van der Waals surface area contributed by atoms with E-state index in [9.17, 15) is 0 Å². The van der Waals surface area contributed by atoms with Crippen molar-refractivity contribution in [2.45, 2.75) is 12.5 Å². The second-order valence-electron chi connectivity index (χ2n) is 4.25. The minimum absolute atomic E-state index is 0.0316. The van der Waals surface area contributed by atoms with Gasteiger partial charge < -0.3 is 5.73 Å². The maximum atomic E-state index is 6.17. The molecular formula is C15H21ClN2. The molecule has 2 nitrogen and oxygen atoms in total. The Labute approximate surface area is 115 Å². The molecule has 0 fully saturated rings. The summed E-state index contributed by atoms with van der Waals surface area (Å²) in [5, 5.41) is 0.740. The molecule has 0 aliphatic heterocycles. The van der Waals surface area contributed by atoms with Crippen molar-refractivity contribution in [1.82, 2.24) is 4.90 Å². The van der Waals surface area contributed by atoms with Crippen LogP contribution >= 0.6 is 11.6 Å². The normalized spacial score (nSPS) is 12.4. The van der Waals surface area contributed by atoms with Crippen LogP contribution < -0.4 is 5.73 Å². The molecule has 1 atom stereocenters. The van der Waals surface area contributed by atoms with E-state index in [1.54, 1.807) is 0 Å². The molecule has 1 aromatic rings. The lowest BCUT2D eigenvalue weighted by Crippen LogP contribution is -2.28. The number of hydrogen-bond donors (Lipinski definition) is 1. The van der Waals surface area contributed by atoms with Gasteiger partial charge in [0, 0.05) is 30.7 Å². The van der Waals surface area contributed by atoms with E-state index in [4.69, 9.17) is 17.3 Å². The van der Waals surface area contributed by atoms with Crippen LogP contribution in [0.25, 0.3) is 0 Å². The first kappa shape index (κ1) is 15.0.